The van der Waals surface area contributed by atoms with Crippen molar-refractivity contribution in [3.8, 4) is 0 Å². The molecule has 0 saturated heterocycles. The molecule has 18 heteroatoms. The van der Waals surface area contributed by atoms with Crippen molar-refractivity contribution in [1.29, 1.82) is 0 Å². The monoisotopic (exact) mass is 1400 g/mol. The van der Waals surface area contributed by atoms with Crippen LogP contribution in [-0.4, -0.2) is 95.9 Å². The maximum absolute atomic E-state index is 13.0. The quantitative estimate of drug-likeness (QED) is 0.0146. The molecule has 0 aromatic heterocycles. The number of rotatable bonds is 71. The van der Waals surface area contributed by atoms with Crippen molar-refractivity contribution in [2.75, 3.05) is 39.6 Å². The highest BCUT2D eigenvalue weighted by molar-refractivity contribution is 7.47. The van der Waals surface area contributed by atoms with Crippen molar-refractivity contribution in [3.05, 3.63) is 122 Å². The van der Waals surface area contributed by atoms with Crippen LogP contribution >= 0.6 is 15.6 Å². The Balaban J connectivity index is 4.67. The van der Waals surface area contributed by atoms with E-state index in [1.165, 1.54) is 89.9 Å². The van der Waals surface area contributed by atoms with Crippen LogP contribution in [0.25, 0.3) is 0 Å². The van der Waals surface area contributed by atoms with Crippen molar-refractivity contribution in [1.82, 2.24) is 0 Å². The van der Waals surface area contributed by atoms with E-state index in [1.807, 2.05) is 0 Å². The number of carbonyl (C=O) groups is 3. The first-order valence-corrected chi connectivity index (χ1v) is 40.8. The third-order valence-corrected chi connectivity index (χ3v) is 17.6. The zero-order chi connectivity index (χ0) is 70.9. The van der Waals surface area contributed by atoms with Gasteiger partial charge in [0.05, 0.1) is 26.4 Å². The third-order valence-electron chi connectivity index (χ3n) is 15.7. The lowest BCUT2D eigenvalue weighted by Crippen LogP contribution is -2.30. The van der Waals surface area contributed by atoms with Crippen LogP contribution in [-0.2, 0) is 55.8 Å². The first-order valence-electron chi connectivity index (χ1n) is 37.8. The van der Waals surface area contributed by atoms with E-state index in [2.05, 4.69) is 142 Å². The summed E-state index contributed by atoms with van der Waals surface area (Å²) < 4.78 is 61.1. The van der Waals surface area contributed by atoms with Gasteiger partial charge in [-0.25, -0.2) is 9.13 Å². The van der Waals surface area contributed by atoms with E-state index < -0.39 is 91.5 Å². The van der Waals surface area contributed by atoms with Gasteiger partial charge in [0.1, 0.15) is 25.4 Å². The average molecular weight is 1400 g/mol. The lowest BCUT2D eigenvalue weighted by Gasteiger charge is -2.21. The number of hydrogen-bond acceptors (Lipinski definition) is 14. The van der Waals surface area contributed by atoms with Crippen molar-refractivity contribution >= 4 is 33.6 Å². The van der Waals surface area contributed by atoms with Gasteiger partial charge in [-0.15, -0.1) is 0 Å². The van der Waals surface area contributed by atoms with Gasteiger partial charge in [0.25, 0.3) is 0 Å². The van der Waals surface area contributed by atoms with Crippen LogP contribution in [0.2, 0.25) is 0 Å². The fraction of sp³-hybridized carbons (Fsp3) is 0.709. The van der Waals surface area contributed by atoms with Crippen molar-refractivity contribution in [2.24, 2.45) is 0 Å². The minimum Gasteiger partial charge on any atom is -0.463 e. The Morgan fingerprint density at radius 1 is 0.299 bits per heavy atom. The van der Waals surface area contributed by atoms with E-state index in [1.54, 1.807) is 0 Å². The molecule has 4 N–H and O–H groups in total. The Morgan fingerprint density at radius 2 is 0.546 bits per heavy atom. The average Bonchev–Trinajstić information content (AvgIpc) is 1.77. The number of aliphatic hydroxyl groups excluding tert-OH is 2. The van der Waals surface area contributed by atoms with Gasteiger partial charge in [-0.2, -0.15) is 0 Å². The van der Waals surface area contributed by atoms with Crippen molar-refractivity contribution in [3.63, 3.8) is 0 Å². The largest absolute Gasteiger partial charge is 0.472 e. The van der Waals surface area contributed by atoms with E-state index in [0.29, 0.717) is 19.3 Å². The highest BCUT2D eigenvalue weighted by Gasteiger charge is 2.29. The minimum absolute atomic E-state index is 0.103. The van der Waals surface area contributed by atoms with Crippen LogP contribution in [0.1, 0.15) is 303 Å². The number of unbranched alkanes of at least 4 members (excludes halogenated alkanes) is 28. The molecule has 0 aliphatic heterocycles. The summed E-state index contributed by atoms with van der Waals surface area (Å²) in [7, 11) is -9.80. The second-order valence-corrected chi connectivity index (χ2v) is 28.0. The summed E-state index contributed by atoms with van der Waals surface area (Å²) >= 11 is 0. The van der Waals surface area contributed by atoms with Crippen LogP contribution in [0.5, 0.6) is 0 Å². The molecule has 0 aromatic rings. The molecule has 5 unspecified atom stereocenters. The summed E-state index contributed by atoms with van der Waals surface area (Å²) in [5, 5.41) is 20.6. The normalized spacial score (nSPS) is 14.8. The van der Waals surface area contributed by atoms with Gasteiger partial charge in [0.2, 0.25) is 0 Å². The van der Waals surface area contributed by atoms with Crippen LogP contribution in [0.3, 0.4) is 0 Å². The van der Waals surface area contributed by atoms with E-state index in [-0.39, 0.29) is 19.3 Å². The predicted octanol–water partition coefficient (Wildman–Crippen LogP) is 21.8. The van der Waals surface area contributed by atoms with Gasteiger partial charge in [0.15, 0.2) is 6.10 Å². The highest BCUT2D eigenvalue weighted by Crippen LogP contribution is 2.45. The third kappa shape index (κ3) is 73.0. The molecule has 0 saturated carbocycles. The van der Waals surface area contributed by atoms with E-state index in [9.17, 15) is 43.5 Å². The number of phosphoric ester groups is 2. The summed E-state index contributed by atoms with van der Waals surface area (Å²) in [6.07, 6.45) is 83.7. The topological polar surface area (TPSA) is 231 Å². The summed E-state index contributed by atoms with van der Waals surface area (Å²) in [5.41, 5.74) is 0. The Kier molecular flexibility index (Phi) is 68.8. The van der Waals surface area contributed by atoms with E-state index >= 15 is 0 Å². The minimum atomic E-state index is -4.93. The summed E-state index contributed by atoms with van der Waals surface area (Å²) in [6.45, 7) is 2.51. The lowest BCUT2D eigenvalue weighted by molar-refractivity contribution is -0.161. The summed E-state index contributed by atoms with van der Waals surface area (Å²) in [5.74, 6) is -1.60. The van der Waals surface area contributed by atoms with Gasteiger partial charge >= 0.3 is 33.6 Å². The molecule has 0 aliphatic carbocycles. The maximum Gasteiger partial charge on any atom is 0.472 e. The Morgan fingerprint density at radius 3 is 0.887 bits per heavy atom. The van der Waals surface area contributed by atoms with Gasteiger partial charge in [-0.05, 0) is 116 Å². The molecule has 0 amide bonds. The smallest absolute Gasteiger partial charge is 0.463 e. The molecule has 16 nitrogen and oxygen atoms in total. The van der Waals surface area contributed by atoms with E-state index in [0.717, 1.165) is 154 Å². The van der Waals surface area contributed by atoms with Crippen molar-refractivity contribution in [2.45, 2.75) is 322 Å². The van der Waals surface area contributed by atoms with Crippen LogP contribution in [0.4, 0.5) is 0 Å². The number of carbonyl (C=O) groups excluding carboxylic acids is 3. The standard InChI is InChI=1S/C79H136O16P2/c1-4-7-10-13-16-19-22-25-28-30-32-34-36-38-40-42-45-47-50-53-56-59-62-65-77(82)89-68-74(80)69-91-96(85,86)92-70-75(81)71-93-97(87,88)94-73-76(95-79(84)67-64-61-58-55-52-49-44-27-24-21-18-15-12-9-6-3)72-90-78(83)66-63-60-57-54-51-48-46-43-41-39-37-35-33-31-29-26-23-20-17-14-11-8-5-2/h7,10,16-17,19-20,25-26,28-29,32-35,38-41,45,47,74-76,80-81H,4-6,8-9,11-15,18,21-24,27,30-31,36-37,42-44,46,48-73H2,1-3H3,(H,85,86)(H,87,88)/b10-7-,19-16-,20-17-,28-25-,29-26-,34-32-,35-33-,40-38-,41-39-,47-45-. The summed E-state index contributed by atoms with van der Waals surface area (Å²) in [4.78, 5) is 58.6. The Bertz CT molecular complexity index is 2250. The molecule has 558 valence electrons. The Hall–Kier alpha value is -4.05. The van der Waals surface area contributed by atoms with Crippen molar-refractivity contribution < 1.29 is 75.8 Å². The SMILES string of the molecule is CC/C=C\C/C=C\C/C=C\C/C=C\C/C=C\C/C=C\CCCCCCC(=O)OCC(O)COP(=O)(O)OCC(O)COP(=O)(O)OCC(COC(=O)CCCCCCCCC/C=C\C/C=C\C/C=C\C/C=C\CCCCC)OC(=O)CCCCCCCCCCCCCCCCC. The molecule has 0 radical (unpaired) electrons. The summed E-state index contributed by atoms with van der Waals surface area (Å²) in [6, 6.07) is 0. The van der Waals surface area contributed by atoms with Crippen LogP contribution < -0.4 is 0 Å². The van der Waals surface area contributed by atoms with E-state index in [4.69, 9.17) is 32.3 Å². The second-order valence-electron chi connectivity index (χ2n) is 25.1. The number of esters is 3. The molecule has 0 aliphatic rings. The number of ether oxygens (including phenoxy) is 3. The number of aliphatic hydroxyl groups is 2. The first-order chi connectivity index (χ1) is 47.2. The van der Waals surface area contributed by atoms with Gasteiger partial charge < -0.3 is 34.2 Å². The number of phosphoric acid groups is 2. The second kappa shape index (κ2) is 71.8. The lowest BCUT2D eigenvalue weighted by atomic mass is 10.0. The van der Waals surface area contributed by atoms with Gasteiger partial charge in [-0.3, -0.25) is 32.5 Å². The molecule has 0 bridgehead atoms. The van der Waals surface area contributed by atoms with Gasteiger partial charge in [0, 0.05) is 19.3 Å². The molecule has 0 aromatic carbocycles. The molecular formula is C79H136O16P2. The molecule has 5 atom stereocenters. The fourth-order valence-corrected chi connectivity index (χ4v) is 11.5. The number of hydrogen-bond donors (Lipinski definition) is 4. The molecule has 0 rings (SSSR count). The Labute approximate surface area is 589 Å². The molecule has 0 fully saturated rings. The molecule has 0 spiro atoms. The van der Waals surface area contributed by atoms with Crippen LogP contribution in [0.15, 0.2) is 122 Å². The predicted molar refractivity (Wildman–Crippen MR) is 399 cm³/mol. The molecule has 0 heterocycles. The zero-order valence-corrected chi connectivity index (χ0v) is 62.5. The highest BCUT2D eigenvalue weighted by atomic mass is 31.2. The number of allylic oxidation sites excluding steroid dienone is 20. The first kappa shape index (κ1) is 93.0. The van der Waals surface area contributed by atoms with Crippen LogP contribution in [0, 0.1) is 0 Å². The zero-order valence-electron chi connectivity index (χ0n) is 60.7. The fourth-order valence-electron chi connectivity index (χ4n) is 9.91. The maximum atomic E-state index is 13.0. The van der Waals surface area contributed by atoms with Gasteiger partial charge in [-0.1, -0.05) is 290 Å². The molecule has 97 heavy (non-hydrogen) atoms. The molecular weight excluding hydrogens is 1270 g/mol.